The number of hydrogen-bond donors (Lipinski definition) is 1. The lowest BCUT2D eigenvalue weighted by Gasteiger charge is -2.60. The zero-order valence-electron chi connectivity index (χ0n) is 24.5. The predicted molar refractivity (Wildman–Crippen MR) is 145 cm³/mol. The Bertz CT molecular complexity index is 1020. The number of allylic oxidation sites excluding steroid dienone is 1. The van der Waals surface area contributed by atoms with Crippen molar-refractivity contribution in [1.29, 1.82) is 0 Å². The molecule has 0 amide bonds. The normalized spacial score (nSPS) is 36.4. The van der Waals surface area contributed by atoms with Crippen molar-refractivity contribution >= 4 is 23.9 Å². The minimum atomic E-state index is -1.60. The SMILES string of the molecule is CCCCCOC(=O)O[C@]1(C(=O)COC(=O)OCCC)CC[C@H]2[C@@H]3CCC4=CC(=O)CC[C@]4(C)[C@H]3[C@@H](O)C[C@@]21C. The molecule has 0 aromatic rings. The summed E-state index contributed by atoms with van der Waals surface area (Å²) in [4.78, 5) is 51.1. The van der Waals surface area contributed by atoms with Gasteiger partial charge < -0.3 is 24.1 Å². The monoisotopic (exact) mass is 562 g/mol. The van der Waals surface area contributed by atoms with E-state index in [1.807, 2.05) is 20.8 Å². The van der Waals surface area contributed by atoms with E-state index in [0.717, 1.165) is 31.3 Å². The van der Waals surface area contributed by atoms with Crippen LogP contribution in [0.5, 0.6) is 0 Å². The van der Waals surface area contributed by atoms with E-state index in [0.29, 0.717) is 32.1 Å². The molecule has 3 saturated carbocycles. The molecule has 0 radical (unpaired) electrons. The van der Waals surface area contributed by atoms with Gasteiger partial charge in [0.25, 0.3) is 0 Å². The first-order chi connectivity index (χ1) is 19.0. The molecular weight excluding hydrogens is 516 g/mol. The number of carbonyl (C=O) groups is 4. The highest BCUT2D eigenvalue weighted by molar-refractivity contribution is 5.93. The minimum Gasteiger partial charge on any atom is -0.434 e. The second-order valence-electron chi connectivity index (χ2n) is 12.7. The standard InChI is InChI=1S/C31H46O9/c1-5-7-8-16-38-28(36)40-31(25(34)19-39-27(35)37-15-6-2)14-12-23-22-10-9-20-17-21(32)11-13-29(20,3)26(22)24(33)18-30(23,31)4/h17,22-24,26,33H,5-16,18-19H2,1-4H3/t22-,23-,24-,26+,29-,30-,31-/m0/s1. The Balaban J connectivity index is 1.61. The summed E-state index contributed by atoms with van der Waals surface area (Å²) < 4.78 is 21.5. The quantitative estimate of drug-likeness (QED) is 0.263. The highest BCUT2D eigenvalue weighted by atomic mass is 16.7. The van der Waals surface area contributed by atoms with E-state index in [-0.39, 0.29) is 55.0 Å². The molecule has 7 atom stereocenters. The Morgan fingerprint density at radius 1 is 0.950 bits per heavy atom. The molecule has 0 aromatic carbocycles. The van der Waals surface area contributed by atoms with Crippen molar-refractivity contribution in [3.8, 4) is 0 Å². The first kappa shape index (κ1) is 30.5. The molecule has 40 heavy (non-hydrogen) atoms. The summed E-state index contributed by atoms with van der Waals surface area (Å²) in [6.07, 6.45) is 6.25. The van der Waals surface area contributed by atoms with Gasteiger partial charge >= 0.3 is 12.3 Å². The molecule has 9 nitrogen and oxygen atoms in total. The van der Waals surface area contributed by atoms with Crippen LogP contribution >= 0.6 is 0 Å². The third-order valence-electron chi connectivity index (χ3n) is 10.4. The lowest BCUT2D eigenvalue weighted by molar-refractivity contribution is -0.187. The van der Waals surface area contributed by atoms with Crippen LogP contribution in [0.2, 0.25) is 0 Å². The van der Waals surface area contributed by atoms with Gasteiger partial charge in [0.05, 0.1) is 19.3 Å². The van der Waals surface area contributed by atoms with E-state index in [1.54, 1.807) is 6.08 Å². The van der Waals surface area contributed by atoms with Crippen LogP contribution in [0.1, 0.15) is 98.3 Å². The van der Waals surface area contributed by atoms with Crippen molar-refractivity contribution in [2.45, 2.75) is 110 Å². The van der Waals surface area contributed by atoms with Crippen LogP contribution in [-0.4, -0.2) is 60.5 Å². The second kappa shape index (κ2) is 12.2. The number of aliphatic hydroxyl groups excluding tert-OH is 1. The van der Waals surface area contributed by atoms with Gasteiger partial charge in [-0.1, -0.05) is 46.1 Å². The van der Waals surface area contributed by atoms with Gasteiger partial charge in [-0.25, -0.2) is 9.59 Å². The van der Waals surface area contributed by atoms with Gasteiger partial charge in [-0.3, -0.25) is 9.59 Å². The number of aliphatic hydroxyl groups is 1. The predicted octanol–water partition coefficient (Wildman–Crippen LogP) is 5.70. The number of ether oxygens (including phenoxy) is 4. The summed E-state index contributed by atoms with van der Waals surface area (Å²) in [6.45, 7) is 7.77. The van der Waals surface area contributed by atoms with Crippen molar-refractivity contribution in [1.82, 2.24) is 0 Å². The van der Waals surface area contributed by atoms with Crippen LogP contribution in [-0.2, 0) is 28.5 Å². The summed E-state index contributed by atoms with van der Waals surface area (Å²) in [5, 5.41) is 11.7. The number of fused-ring (bicyclic) bond motifs is 5. The van der Waals surface area contributed by atoms with Gasteiger partial charge in [0.2, 0.25) is 5.78 Å². The summed E-state index contributed by atoms with van der Waals surface area (Å²) in [6, 6.07) is 0. The molecule has 4 rings (SSSR count). The van der Waals surface area contributed by atoms with Gasteiger partial charge in [-0.2, -0.15) is 0 Å². The van der Waals surface area contributed by atoms with Crippen LogP contribution in [0.15, 0.2) is 11.6 Å². The molecule has 0 saturated heterocycles. The highest BCUT2D eigenvalue weighted by Gasteiger charge is 2.70. The molecule has 1 N–H and O–H groups in total. The average Bonchev–Trinajstić information content (AvgIpc) is 3.20. The lowest BCUT2D eigenvalue weighted by atomic mass is 9.45. The number of Topliss-reactive ketones (excluding diaryl/α,β-unsaturated/α-hetero) is 1. The van der Waals surface area contributed by atoms with E-state index >= 15 is 0 Å². The van der Waals surface area contributed by atoms with Gasteiger partial charge in [0.1, 0.15) is 0 Å². The number of ketones is 2. The number of unbranched alkanes of at least 4 members (excludes halogenated alkanes) is 2. The van der Waals surface area contributed by atoms with Gasteiger partial charge in [0, 0.05) is 11.8 Å². The van der Waals surface area contributed by atoms with E-state index in [2.05, 4.69) is 6.92 Å². The molecule has 0 unspecified atom stereocenters. The summed E-state index contributed by atoms with van der Waals surface area (Å²) >= 11 is 0. The smallest absolute Gasteiger partial charge is 0.434 e. The van der Waals surface area contributed by atoms with Crippen LogP contribution in [0, 0.1) is 28.6 Å². The van der Waals surface area contributed by atoms with Crippen LogP contribution in [0.3, 0.4) is 0 Å². The van der Waals surface area contributed by atoms with Crippen molar-refractivity contribution in [3.05, 3.63) is 11.6 Å². The molecule has 3 fully saturated rings. The fourth-order valence-corrected chi connectivity index (χ4v) is 8.51. The first-order valence-electron chi connectivity index (χ1n) is 15.1. The molecule has 4 aliphatic rings. The van der Waals surface area contributed by atoms with Gasteiger partial charge in [-0.05, 0) is 80.6 Å². The maximum absolute atomic E-state index is 13.9. The highest BCUT2D eigenvalue weighted by Crippen LogP contribution is 2.68. The van der Waals surface area contributed by atoms with E-state index < -0.39 is 41.8 Å². The molecule has 0 aliphatic heterocycles. The van der Waals surface area contributed by atoms with Gasteiger partial charge in [-0.15, -0.1) is 0 Å². The average molecular weight is 563 g/mol. The van der Waals surface area contributed by atoms with Crippen LogP contribution < -0.4 is 0 Å². The maximum Gasteiger partial charge on any atom is 0.509 e. The Morgan fingerprint density at radius 2 is 1.70 bits per heavy atom. The fourth-order valence-electron chi connectivity index (χ4n) is 8.51. The van der Waals surface area contributed by atoms with Crippen LogP contribution in [0.4, 0.5) is 9.59 Å². The van der Waals surface area contributed by atoms with Crippen molar-refractivity contribution in [2.24, 2.45) is 28.6 Å². The lowest BCUT2D eigenvalue weighted by Crippen LogP contribution is -2.63. The van der Waals surface area contributed by atoms with Crippen molar-refractivity contribution in [3.63, 3.8) is 0 Å². The third-order valence-corrected chi connectivity index (χ3v) is 10.4. The van der Waals surface area contributed by atoms with Crippen LogP contribution in [0.25, 0.3) is 0 Å². The largest absolute Gasteiger partial charge is 0.509 e. The molecular formula is C31H46O9. The summed E-state index contributed by atoms with van der Waals surface area (Å²) in [5.41, 5.74) is -1.64. The number of carbonyl (C=O) groups excluding carboxylic acids is 4. The molecule has 0 spiro atoms. The van der Waals surface area contributed by atoms with Crippen molar-refractivity contribution in [2.75, 3.05) is 19.8 Å². The first-order valence-corrected chi connectivity index (χ1v) is 15.1. The molecule has 0 heterocycles. The minimum absolute atomic E-state index is 0.000729. The zero-order valence-corrected chi connectivity index (χ0v) is 24.5. The molecule has 9 heteroatoms. The Labute approximate surface area is 237 Å². The Morgan fingerprint density at radius 3 is 2.42 bits per heavy atom. The summed E-state index contributed by atoms with van der Waals surface area (Å²) in [7, 11) is 0. The van der Waals surface area contributed by atoms with Gasteiger partial charge in [0.15, 0.2) is 18.0 Å². The summed E-state index contributed by atoms with van der Waals surface area (Å²) in [5.74, 6) is -0.326. The van der Waals surface area contributed by atoms with E-state index in [1.165, 1.54) is 0 Å². The third kappa shape index (κ3) is 5.42. The zero-order chi connectivity index (χ0) is 29.1. The van der Waals surface area contributed by atoms with E-state index in [9.17, 15) is 24.3 Å². The number of hydrogen-bond acceptors (Lipinski definition) is 9. The van der Waals surface area contributed by atoms with Crippen molar-refractivity contribution < 1.29 is 43.2 Å². The molecule has 0 bridgehead atoms. The topological polar surface area (TPSA) is 125 Å². The number of rotatable bonds is 10. The molecule has 0 aromatic heterocycles. The Kier molecular flexibility index (Phi) is 9.32. The maximum atomic E-state index is 13.9. The molecule has 4 aliphatic carbocycles. The second-order valence-corrected chi connectivity index (χ2v) is 12.7. The molecule has 224 valence electrons. The Hall–Kier alpha value is -2.42. The fraction of sp³-hybridized carbons (Fsp3) is 0.806. The van der Waals surface area contributed by atoms with E-state index in [4.69, 9.17) is 18.9 Å².